The molecular weight excluding hydrogens is 669 g/mol. The fraction of sp³-hybridized carbons (Fsp3) is 0.257. The van der Waals surface area contributed by atoms with Gasteiger partial charge in [-0.15, -0.1) is 6.42 Å². The number of rotatable bonds is 9. The van der Waals surface area contributed by atoms with Gasteiger partial charge in [0.25, 0.3) is 0 Å². The number of pyridine rings is 1. The van der Waals surface area contributed by atoms with Crippen molar-refractivity contribution >= 4 is 41.1 Å². The summed E-state index contributed by atoms with van der Waals surface area (Å²) < 4.78 is 64.0. The van der Waals surface area contributed by atoms with Gasteiger partial charge in [0.15, 0.2) is 5.82 Å². The summed E-state index contributed by atoms with van der Waals surface area (Å²) in [5.41, 5.74) is -0.318. The van der Waals surface area contributed by atoms with Crippen LogP contribution in [-0.4, -0.2) is 76.6 Å². The number of benzene rings is 3. The molecule has 2 N–H and O–H groups in total. The van der Waals surface area contributed by atoms with Gasteiger partial charge in [-0.2, -0.15) is 14.6 Å². The van der Waals surface area contributed by atoms with Gasteiger partial charge in [-0.3, -0.25) is 9.78 Å². The molecule has 3 unspecified atom stereocenters. The monoisotopic (exact) mass is 700 g/mol. The van der Waals surface area contributed by atoms with Gasteiger partial charge in [-0.25, -0.2) is 18.4 Å². The number of carbonyl (C=O) groups is 1. The molecule has 2 aromatic heterocycles. The summed E-state index contributed by atoms with van der Waals surface area (Å²) in [5.74, 6) is 0.743. The first kappa shape index (κ1) is 33.2. The van der Waals surface area contributed by atoms with E-state index in [1.165, 1.54) is 44.7 Å². The van der Waals surface area contributed by atoms with Crippen LogP contribution < -0.4 is 19.2 Å². The number of esters is 1. The van der Waals surface area contributed by atoms with E-state index in [2.05, 4.69) is 26.0 Å². The molecule has 2 bridgehead atoms. The van der Waals surface area contributed by atoms with Crippen LogP contribution in [0, 0.1) is 24.0 Å². The molecule has 3 aromatic carbocycles. The maximum atomic E-state index is 16.6. The van der Waals surface area contributed by atoms with E-state index in [4.69, 9.17) is 20.4 Å². The number of piperazine rings is 1. The summed E-state index contributed by atoms with van der Waals surface area (Å²) in [4.78, 5) is 27.4. The molecule has 2 fully saturated rings. The maximum absolute atomic E-state index is 16.6. The molecular formula is C35H31F2N6O6P. The fourth-order valence-electron chi connectivity index (χ4n) is 6.80. The number of hydrogen-bond donors (Lipinski definition) is 2. The minimum Gasteiger partial charge on any atom is -0.508 e. The van der Waals surface area contributed by atoms with E-state index in [-0.39, 0.29) is 63.5 Å². The molecule has 7 rings (SSSR count). The van der Waals surface area contributed by atoms with Crippen LogP contribution in [0.15, 0.2) is 60.8 Å². The number of phenols is 1. The molecule has 0 aliphatic carbocycles. The van der Waals surface area contributed by atoms with Gasteiger partial charge in [0, 0.05) is 42.3 Å². The van der Waals surface area contributed by atoms with Crippen LogP contribution in [0.3, 0.4) is 0 Å². The van der Waals surface area contributed by atoms with Crippen molar-refractivity contribution in [3.63, 3.8) is 0 Å². The SMILES string of the molecule is C#Cc1c(F)ccc2cc(O)cc(-c3ncc4c(N5CC6CCC(C5)N6P(=O)(NCC(=O)OC)Oc5ccccc5)nc(OC)nc4c3F)c12. The standard InChI is InChI=1S/C35H31F2N6O6P/c1-4-25-28(36)13-10-20-14-23(44)15-26(30(20)25)32-31(37)33-27(16-38-32)34(41-35(40-33)48-3)42-18-21-11-12-22(19-42)43(21)50(46,39-17-29(45)47-2)49-24-8-6-5-7-9-24/h1,5-10,13-16,21-22,44H,11-12,17-19H2,2-3H3,(H,39,46). The third-order valence-corrected chi connectivity index (χ3v) is 11.2. The molecule has 256 valence electrons. The molecule has 2 saturated heterocycles. The Balaban J connectivity index is 1.28. The van der Waals surface area contributed by atoms with Crippen molar-refractivity contribution in [2.75, 3.05) is 38.8 Å². The Kier molecular flexibility index (Phi) is 8.73. The van der Waals surface area contributed by atoms with Gasteiger partial charge in [0.05, 0.1) is 25.2 Å². The molecule has 15 heteroatoms. The summed E-state index contributed by atoms with van der Waals surface area (Å²) in [6.07, 6.45) is 8.40. The van der Waals surface area contributed by atoms with Gasteiger partial charge in [-0.05, 0) is 48.6 Å². The van der Waals surface area contributed by atoms with E-state index in [0.29, 0.717) is 42.9 Å². The molecule has 0 spiro atoms. The molecule has 2 aliphatic heterocycles. The number of carbonyl (C=O) groups excluding carboxylic acids is 1. The third kappa shape index (κ3) is 5.83. The van der Waals surface area contributed by atoms with Crippen LogP contribution >= 0.6 is 7.67 Å². The van der Waals surface area contributed by atoms with Crippen molar-refractivity contribution in [3.05, 3.63) is 78.0 Å². The summed E-state index contributed by atoms with van der Waals surface area (Å²) in [6.45, 7) is 0.309. The zero-order valence-electron chi connectivity index (χ0n) is 27.0. The molecule has 12 nitrogen and oxygen atoms in total. The van der Waals surface area contributed by atoms with E-state index in [1.54, 1.807) is 28.9 Å². The number of para-hydroxylation sites is 1. The number of phenolic OH excluding ortho intramolecular Hbond substituents is 1. The molecule has 50 heavy (non-hydrogen) atoms. The van der Waals surface area contributed by atoms with E-state index in [1.807, 2.05) is 11.0 Å². The number of ether oxygens (including phenoxy) is 2. The first-order chi connectivity index (χ1) is 24.1. The van der Waals surface area contributed by atoms with Crippen LogP contribution in [0.4, 0.5) is 14.6 Å². The number of nitrogens with zero attached hydrogens (tertiary/aromatic N) is 5. The molecule has 0 radical (unpaired) electrons. The lowest BCUT2D eigenvalue weighted by molar-refractivity contribution is -0.139. The summed E-state index contributed by atoms with van der Waals surface area (Å²) in [6, 6.07) is 13.3. The average Bonchev–Trinajstić information content (AvgIpc) is 3.41. The van der Waals surface area contributed by atoms with Crippen LogP contribution in [-0.2, 0) is 14.1 Å². The highest BCUT2D eigenvalue weighted by Crippen LogP contribution is 2.55. The predicted molar refractivity (Wildman–Crippen MR) is 182 cm³/mol. The first-order valence-corrected chi connectivity index (χ1v) is 17.2. The Morgan fingerprint density at radius 2 is 1.84 bits per heavy atom. The number of halogens is 2. The minimum absolute atomic E-state index is 0.0891. The van der Waals surface area contributed by atoms with Crippen LogP contribution in [0.5, 0.6) is 17.5 Å². The van der Waals surface area contributed by atoms with Crippen LogP contribution in [0.1, 0.15) is 18.4 Å². The summed E-state index contributed by atoms with van der Waals surface area (Å²) in [5, 5.41) is 14.2. The predicted octanol–water partition coefficient (Wildman–Crippen LogP) is 5.42. The average molecular weight is 701 g/mol. The molecule has 4 heterocycles. The lowest BCUT2D eigenvalue weighted by atomic mass is 9.96. The molecule has 5 aromatic rings. The number of methoxy groups -OCH3 is 2. The summed E-state index contributed by atoms with van der Waals surface area (Å²) in [7, 11) is -1.22. The smallest absolute Gasteiger partial charge is 0.394 e. The second kappa shape index (κ2) is 13.2. The van der Waals surface area contributed by atoms with E-state index >= 15 is 4.39 Å². The molecule has 3 atom stereocenters. The molecule has 0 saturated carbocycles. The van der Waals surface area contributed by atoms with E-state index < -0.39 is 25.3 Å². The number of fused-ring (bicyclic) bond motifs is 4. The Labute approximate surface area is 285 Å². The first-order valence-electron chi connectivity index (χ1n) is 15.7. The van der Waals surface area contributed by atoms with Gasteiger partial charge < -0.3 is 24.0 Å². The Morgan fingerprint density at radius 1 is 1.10 bits per heavy atom. The summed E-state index contributed by atoms with van der Waals surface area (Å²) >= 11 is 0. The van der Waals surface area contributed by atoms with Gasteiger partial charge >= 0.3 is 19.7 Å². The van der Waals surface area contributed by atoms with Crippen molar-refractivity contribution in [2.24, 2.45) is 0 Å². The zero-order valence-corrected chi connectivity index (χ0v) is 27.9. The highest BCUT2D eigenvalue weighted by molar-refractivity contribution is 7.54. The number of aromatic hydroxyl groups is 1. The number of hydrogen-bond acceptors (Lipinski definition) is 10. The fourth-order valence-corrected chi connectivity index (χ4v) is 9.10. The highest BCUT2D eigenvalue weighted by Gasteiger charge is 2.51. The van der Waals surface area contributed by atoms with Crippen LogP contribution in [0.2, 0.25) is 0 Å². The van der Waals surface area contributed by atoms with Gasteiger partial charge in [0.2, 0.25) is 0 Å². The molecule has 2 aliphatic rings. The normalized spacial score (nSPS) is 18.5. The number of anilines is 1. The number of aromatic nitrogens is 3. The lowest BCUT2D eigenvalue weighted by Crippen LogP contribution is -2.54. The zero-order chi connectivity index (χ0) is 35.2. The second-order valence-electron chi connectivity index (χ2n) is 11.9. The van der Waals surface area contributed by atoms with E-state index in [0.717, 1.165) is 0 Å². The topological polar surface area (TPSA) is 139 Å². The quantitative estimate of drug-likeness (QED) is 0.115. The van der Waals surface area contributed by atoms with Crippen molar-refractivity contribution in [2.45, 2.75) is 24.9 Å². The van der Waals surface area contributed by atoms with Gasteiger partial charge in [0.1, 0.15) is 40.9 Å². The van der Waals surface area contributed by atoms with Crippen molar-refractivity contribution in [1.82, 2.24) is 24.7 Å². The maximum Gasteiger partial charge on any atom is 0.394 e. The highest BCUT2D eigenvalue weighted by atomic mass is 31.2. The van der Waals surface area contributed by atoms with Crippen molar-refractivity contribution in [3.8, 4) is 41.1 Å². The van der Waals surface area contributed by atoms with Crippen molar-refractivity contribution in [1.29, 1.82) is 0 Å². The number of terminal acetylenes is 1. The Morgan fingerprint density at radius 3 is 2.52 bits per heavy atom. The Hall–Kier alpha value is -5.35. The van der Waals surface area contributed by atoms with Gasteiger partial charge in [-0.1, -0.05) is 30.2 Å². The lowest BCUT2D eigenvalue weighted by Gasteiger charge is -2.44. The second-order valence-corrected chi connectivity index (χ2v) is 13.9. The number of nitrogens with one attached hydrogen (secondary N) is 1. The minimum atomic E-state index is -3.83. The largest absolute Gasteiger partial charge is 0.508 e. The Bertz CT molecular complexity index is 2220. The molecule has 0 amide bonds. The van der Waals surface area contributed by atoms with E-state index in [9.17, 15) is 18.9 Å². The third-order valence-electron chi connectivity index (χ3n) is 8.95. The van der Waals surface area contributed by atoms with Crippen molar-refractivity contribution < 1.29 is 37.2 Å². The van der Waals surface area contributed by atoms with Crippen LogP contribution in [0.25, 0.3) is 32.9 Å².